The first-order valence-corrected chi connectivity index (χ1v) is 8.93. The fourth-order valence-electron chi connectivity index (χ4n) is 2.68. The molecule has 0 aliphatic rings. The Labute approximate surface area is 149 Å². The number of thiazole rings is 1. The fraction of sp³-hybridized carbons (Fsp3) is 0.278. The van der Waals surface area contributed by atoms with Crippen molar-refractivity contribution >= 4 is 39.2 Å². The van der Waals surface area contributed by atoms with Gasteiger partial charge in [0.25, 0.3) is 0 Å². The number of H-pyrrole nitrogens is 1. The SMILES string of the molecule is CC(=O)N[C@H](C(=O)Nc1nc(-c2c[nH]c3ccccc23)cs1)C(C)C. The lowest BCUT2D eigenvalue weighted by Gasteiger charge is -2.20. The van der Waals surface area contributed by atoms with Gasteiger partial charge < -0.3 is 15.6 Å². The monoisotopic (exact) mass is 356 g/mol. The summed E-state index contributed by atoms with van der Waals surface area (Å²) >= 11 is 1.36. The van der Waals surface area contributed by atoms with Gasteiger partial charge in [0.2, 0.25) is 11.8 Å². The van der Waals surface area contributed by atoms with Gasteiger partial charge in [-0.2, -0.15) is 0 Å². The van der Waals surface area contributed by atoms with E-state index in [1.165, 1.54) is 18.3 Å². The molecule has 1 aromatic carbocycles. The number of benzene rings is 1. The van der Waals surface area contributed by atoms with Gasteiger partial charge in [-0.1, -0.05) is 32.0 Å². The molecule has 1 atom stereocenters. The van der Waals surface area contributed by atoms with Crippen molar-refractivity contribution in [1.29, 1.82) is 0 Å². The highest BCUT2D eigenvalue weighted by Gasteiger charge is 2.24. The van der Waals surface area contributed by atoms with E-state index in [0.29, 0.717) is 5.13 Å². The third-order valence-electron chi connectivity index (χ3n) is 3.91. The first-order valence-electron chi connectivity index (χ1n) is 8.05. The standard InChI is InChI=1S/C18H20N4O2S/c1-10(2)16(20-11(3)23)17(24)22-18-21-15(9-25-18)13-8-19-14-7-5-4-6-12(13)14/h4-10,16,19H,1-3H3,(H,20,23)(H,21,22,24)/t16-/m0/s1. The highest BCUT2D eigenvalue weighted by molar-refractivity contribution is 7.14. The van der Waals surface area contributed by atoms with Gasteiger partial charge >= 0.3 is 0 Å². The molecule has 0 bridgehead atoms. The number of amides is 2. The number of nitrogens with zero attached hydrogens (tertiary/aromatic N) is 1. The minimum atomic E-state index is -0.585. The van der Waals surface area contributed by atoms with Crippen molar-refractivity contribution < 1.29 is 9.59 Å². The van der Waals surface area contributed by atoms with Crippen LogP contribution < -0.4 is 10.6 Å². The highest BCUT2D eigenvalue weighted by Crippen LogP contribution is 2.31. The van der Waals surface area contributed by atoms with Crippen LogP contribution >= 0.6 is 11.3 Å². The van der Waals surface area contributed by atoms with E-state index < -0.39 is 6.04 Å². The molecule has 2 aromatic heterocycles. The lowest BCUT2D eigenvalue weighted by Crippen LogP contribution is -2.46. The van der Waals surface area contributed by atoms with Crippen molar-refractivity contribution in [2.24, 2.45) is 5.92 Å². The topological polar surface area (TPSA) is 86.9 Å². The van der Waals surface area contributed by atoms with E-state index in [-0.39, 0.29) is 17.7 Å². The highest BCUT2D eigenvalue weighted by atomic mass is 32.1. The summed E-state index contributed by atoms with van der Waals surface area (Å²) in [4.78, 5) is 31.5. The van der Waals surface area contributed by atoms with Crippen LogP contribution in [-0.4, -0.2) is 27.8 Å². The van der Waals surface area contributed by atoms with Gasteiger partial charge in [-0.3, -0.25) is 9.59 Å². The van der Waals surface area contributed by atoms with Gasteiger partial charge in [0.15, 0.2) is 5.13 Å². The predicted molar refractivity (Wildman–Crippen MR) is 100 cm³/mol. The Morgan fingerprint density at radius 3 is 2.72 bits per heavy atom. The van der Waals surface area contributed by atoms with Crippen LogP contribution in [-0.2, 0) is 9.59 Å². The van der Waals surface area contributed by atoms with E-state index in [2.05, 4.69) is 20.6 Å². The van der Waals surface area contributed by atoms with Crippen LogP contribution in [0, 0.1) is 5.92 Å². The lowest BCUT2D eigenvalue weighted by atomic mass is 10.0. The fourth-order valence-corrected chi connectivity index (χ4v) is 3.39. The molecular formula is C18H20N4O2S. The second-order valence-electron chi connectivity index (χ2n) is 6.20. The molecule has 6 nitrogen and oxygen atoms in total. The zero-order valence-electron chi connectivity index (χ0n) is 14.3. The maximum atomic E-state index is 12.4. The number of para-hydroxylation sites is 1. The van der Waals surface area contributed by atoms with Gasteiger partial charge in [-0.15, -0.1) is 11.3 Å². The molecule has 0 spiro atoms. The van der Waals surface area contributed by atoms with Gasteiger partial charge in [0.05, 0.1) is 5.69 Å². The van der Waals surface area contributed by atoms with Crippen LogP contribution in [0.15, 0.2) is 35.8 Å². The van der Waals surface area contributed by atoms with Gasteiger partial charge in [0, 0.05) is 35.0 Å². The molecule has 0 saturated heterocycles. The Kier molecular flexibility index (Phi) is 4.85. The molecule has 2 amide bonds. The molecule has 25 heavy (non-hydrogen) atoms. The van der Waals surface area contributed by atoms with Crippen LogP contribution in [0.1, 0.15) is 20.8 Å². The number of aromatic amines is 1. The number of fused-ring (bicyclic) bond motifs is 1. The molecule has 3 N–H and O–H groups in total. The van der Waals surface area contributed by atoms with E-state index >= 15 is 0 Å². The Bertz CT molecular complexity index is 913. The molecule has 0 fully saturated rings. The predicted octanol–water partition coefficient (Wildman–Crippen LogP) is 3.39. The molecule has 0 aliphatic carbocycles. The average Bonchev–Trinajstić information content (AvgIpc) is 3.18. The smallest absolute Gasteiger partial charge is 0.248 e. The quantitative estimate of drug-likeness (QED) is 0.655. The zero-order chi connectivity index (χ0) is 18.0. The number of carbonyl (C=O) groups is 2. The number of anilines is 1. The summed E-state index contributed by atoms with van der Waals surface area (Å²) in [5, 5.41) is 8.99. The summed E-state index contributed by atoms with van der Waals surface area (Å²) in [6.45, 7) is 5.18. The van der Waals surface area contributed by atoms with E-state index in [1.54, 1.807) is 0 Å². The minimum Gasteiger partial charge on any atom is -0.360 e. The van der Waals surface area contributed by atoms with Crippen molar-refractivity contribution in [3.63, 3.8) is 0 Å². The minimum absolute atomic E-state index is 0.0167. The van der Waals surface area contributed by atoms with E-state index in [9.17, 15) is 9.59 Å². The van der Waals surface area contributed by atoms with Gasteiger partial charge in [-0.25, -0.2) is 4.98 Å². The first kappa shape index (κ1) is 17.2. The number of hydrogen-bond acceptors (Lipinski definition) is 4. The number of carbonyl (C=O) groups excluding carboxylic acids is 2. The van der Waals surface area contributed by atoms with Crippen LogP contribution in [0.5, 0.6) is 0 Å². The normalized spacial score (nSPS) is 12.3. The number of aromatic nitrogens is 2. The molecule has 2 heterocycles. The second-order valence-corrected chi connectivity index (χ2v) is 7.06. The molecule has 130 valence electrons. The van der Waals surface area contributed by atoms with Crippen molar-refractivity contribution in [2.75, 3.05) is 5.32 Å². The average molecular weight is 356 g/mol. The van der Waals surface area contributed by atoms with Crippen LogP contribution in [0.2, 0.25) is 0 Å². The van der Waals surface area contributed by atoms with Crippen LogP contribution in [0.4, 0.5) is 5.13 Å². The van der Waals surface area contributed by atoms with E-state index in [0.717, 1.165) is 22.2 Å². The first-order chi connectivity index (χ1) is 12.0. The summed E-state index contributed by atoms with van der Waals surface area (Å²) in [7, 11) is 0. The van der Waals surface area contributed by atoms with Crippen molar-refractivity contribution in [1.82, 2.24) is 15.3 Å². The Morgan fingerprint density at radius 2 is 2.00 bits per heavy atom. The summed E-state index contributed by atoms with van der Waals surface area (Å²) in [5.74, 6) is -0.505. The number of rotatable bonds is 5. The molecule has 0 aliphatic heterocycles. The number of hydrogen-bond donors (Lipinski definition) is 3. The maximum absolute atomic E-state index is 12.4. The molecule has 3 rings (SSSR count). The van der Waals surface area contributed by atoms with E-state index in [4.69, 9.17) is 0 Å². The third-order valence-corrected chi connectivity index (χ3v) is 4.67. The second kappa shape index (κ2) is 7.06. The van der Waals surface area contributed by atoms with Crippen LogP contribution in [0.3, 0.4) is 0 Å². The van der Waals surface area contributed by atoms with Gasteiger partial charge in [-0.05, 0) is 12.0 Å². The third kappa shape index (κ3) is 3.71. The van der Waals surface area contributed by atoms with Gasteiger partial charge in [0.1, 0.15) is 6.04 Å². The molecule has 3 aromatic rings. The molecule has 0 saturated carbocycles. The van der Waals surface area contributed by atoms with Crippen molar-refractivity contribution in [3.05, 3.63) is 35.8 Å². The lowest BCUT2D eigenvalue weighted by molar-refractivity contribution is -0.126. The molecule has 0 radical (unpaired) electrons. The Hall–Kier alpha value is -2.67. The Balaban J connectivity index is 1.79. The molecule has 7 heteroatoms. The summed E-state index contributed by atoms with van der Waals surface area (Å²) in [6.07, 6.45) is 1.92. The summed E-state index contributed by atoms with van der Waals surface area (Å²) in [5.41, 5.74) is 2.84. The summed E-state index contributed by atoms with van der Waals surface area (Å²) in [6, 6.07) is 7.41. The largest absolute Gasteiger partial charge is 0.360 e. The van der Waals surface area contributed by atoms with E-state index in [1.807, 2.05) is 49.7 Å². The van der Waals surface area contributed by atoms with Crippen LogP contribution in [0.25, 0.3) is 22.2 Å². The molecular weight excluding hydrogens is 336 g/mol. The van der Waals surface area contributed by atoms with Crippen molar-refractivity contribution in [3.8, 4) is 11.3 Å². The zero-order valence-corrected chi connectivity index (χ0v) is 15.1. The number of nitrogens with one attached hydrogen (secondary N) is 3. The maximum Gasteiger partial charge on any atom is 0.248 e. The van der Waals surface area contributed by atoms with Crippen molar-refractivity contribution in [2.45, 2.75) is 26.8 Å². The molecule has 0 unspecified atom stereocenters. The summed E-state index contributed by atoms with van der Waals surface area (Å²) < 4.78 is 0. The Morgan fingerprint density at radius 1 is 1.24 bits per heavy atom.